The molecule has 32 heavy (non-hydrogen) atoms. The van der Waals surface area contributed by atoms with Gasteiger partial charge in [0.25, 0.3) is 5.91 Å². The second kappa shape index (κ2) is 12.3. The Hall–Kier alpha value is -2.81. The lowest BCUT2D eigenvalue weighted by atomic mass is 10.2. The van der Waals surface area contributed by atoms with Crippen LogP contribution in [0.1, 0.15) is 5.56 Å². The van der Waals surface area contributed by atoms with Crippen LogP contribution in [0.2, 0.25) is 0 Å². The number of carbonyl (C=O) groups is 1. The van der Waals surface area contributed by atoms with E-state index >= 15 is 0 Å². The summed E-state index contributed by atoms with van der Waals surface area (Å²) in [4.78, 5) is 15.9. The standard InChI is InChI=1S/C24H32N2O6/c1-25(16-20(27)17-31-23-5-3-4-22(14-23)29-2)15-19-6-8-21(9-7-19)32-18-24(28)26-10-12-30-13-11-26/h3-9,14,20,27H,10-13,15-18H2,1-2H3/t20-/m1/s1. The van der Waals surface area contributed by atoms with E-state index in [0.29, 0.717) is 56.6 Å². The number of morpholine rings is 1. The molecule has 0 unspecified atom stereocenters. The van der Waals surface area contributed by atoms with Crippen molar-refractivity contribution in [1.29, 1.82) is 0 Å². The summed E-state index contributed by atoms with van der Waals surface area (Å²) in [5.74, 6) is 2.01. The Morgan fingerprint density at radius 1 is 1.09 bits per heavy atom. The molecule has 0 saturated carbocycles. The minimum atomic E-state index is -0.625. The van der Waals surface area contributed by atoms with E-state index in [-0.39, 0.29) is 19.1 Å². The van der Waals surface area contributed by atoms with Crippen molar-refractivity contribution in [2.75, 3.05) is 60.2 Å². The molecular weight excluding hydrogens is 412 g/mol. The Balaban J connectivity index is 1.37. The fourth-order valence-electron chi connectivity index (χ4n) is 3.41. The van der Waals surface area contributed by atoms with E-state index in [0.717, 1.165) is 5.56 Å². The Labute approximate surface area is 189 Å². The Morgan fingerprint density at radius 2 is 1.81 bits per heavy atom. The average Bonchev–Trinajstić information content (AvgIpc) is 2.82. The molecule has 1 amide bonds. The minimum Gasteiger partial charge on any atom is -0.497 e. The number of nitrogens with zero attached hydrogens (tertiary/aromatic N) is 2. The monoisotopic (exact) mass is 444 g/mol. The molecule has 8 heteroatoms. The third-order valence-electron chi connectivity index (χ3n) is 5.11. The molecule has 1 saturated heterocycles. The molecule has 0 bridgehead atoms. The van der Waals surface area contributed by atoms with Crippen LogP contribution in [0.4, 0.5) is 0 Å². The molecule has 1 N–H and O–H groups in total. The van der Waals surface area contributed by atoms with E-state index in [1.54, 1.807) is 18.1 Å². The number of benzene rings is 2. The fraction of sp³-hybridized carbons (Fsp3) is 0.458. The van der Waals surface area contributed by atoms with E-state index in [4.69, 9.17) is 18.9 Å². The highest BCUT2D eigenvalue weighted by Crippen LogP contribution is 2.19. The number of aliphatic hydroxyl groups is 1. The Morgan fingerprint density at radius 3 is 2.53 bits per heavy atom. The van der Waals surface area contributed by atoms with E-state index in [9.17, 15) is 9.90 Å². The van der Waals surface area contributed by atoms with Crippen LogP contribution < -0.4 is 14.2 Å². The smallest absolute Gasteiger partial charge is 0.260 e. The number of amides is 1. The molecule has 1 atom stereocenters. The molecule has 0 aliphatic carbocycles. The maximum absolute atomic E-state index is 12.2. The van der Waals surface area contributed by atoms with Crippen LogP contribution in [0.25, 0.3) is 0 Å². The van der Waals surface area contributed by atoms with Crippen LogP contribution in [0, 0.1) is 0 Å². The molecule has 2 aromatic rings. The fourth-order valence-corrected chi connectivity index (χ4v) is 3.41. The first kappa shape index (κ1) is 23.8. The molecule has 1 aliphatic heterocycles. The van der Waals surface area contributed by atoms with Crippen molar-refractivity contribution in [1.82, 2.24) is 9.80 Å². The summed E-state index contributed by atoms with van der Waals surface area (Å²) >= 11 is 0. The van der Waals surface area contributed by atoms with Gasteiger partial charge >= 0.3 is 0 Å². The van der Waals surface area contributed by atoms with Gasteiger partial charge in [0.15, 0.2) is 6.61 Å². The lowest BCUT2D eigenvalue weighted by Gasteiger charge is -2.26. The number of methoxy groups -OCH3 is 1. The Bertz CT molecular complexity index is 839. The first-order valence-electron chi connectivity index (χ1n) is 10.7. The summed E-state index contributed by atoms with van der Waals surface area (Å²) in [5.41, 5.74) is 1.08. The number of hydrogen-bond acceptors (Lipinski definition) is 7. The number of hydrogen-bond donors (Lipinski definition) is 1. The molecular formula is C24H32N2O6. The topological polar surface area (TPSA) is 80.7 Å². The van der Waals surface area contributed by atoms with E-state index in [1.165, 1.54) is 0 Å². The summed E-state index contributed by atoms with van der Waals surface area (Å²) in [6.45, 7) is 3.75. The van der Waals surface area contributed by atoms with Gasteiger partial charge in [0.2, 0.25) is 0 Å². The summed E-state index contributed by atoms with van der Waals surface area (Å²) in [7, 11) is 3.55. The number of likely N-dealkylation sites (N-methyl/N-ethyl adjacent to an activating group) is 1. The number of ether oxygens (including phenoxy) is 4. The van der Waals surface area contributed by atoms with Crippen molar-refractivity contribution in [3.63, 3.8) is 0 Å². The molecule has 0 aromatic heterocycles. The first-order valence-corrected chi connectivity index (χ1v) is 10.7. The zero-order valence-electron chi connectivity index (χ0n) is 18.7. The molecule has 3 rings (SSSR count). The van der Waals surface area contributed by atoms with Crippen LogP contribution >= 0.6 is 0 Å². The maximum Gasteiger partial charge on any atom is 0.260 e. The van der Waals surface area contributed by atoms with Gasteiger partial charge in [-0.15, -0.1) is 0 Å². The van der Waals surface area contributed by atoms with Crippen molar-refractivity contribution < 1.29 is 28.8 Å². The van der Waals surface area contributed by atoms with Crippen LogP contribution in [-0.4, -0.2) is 87.1 Å². The van der Waals surface area contributed by atoms with Gasteiger partial charge in [-0.25, -0.2) is 0 Å². The Kier molecular flexibility index (Phi) is 9.15. The van der Waals surface area contributed by atoms with Crippen LogP contribution in [0.3, 0.4) is 0 Å². The van der Waals surface area contributed by atoms with Crippen LogP contribution in [0.15, 0.2) is 48.5 Å². The molecule has 8 nitrogen and oxygen atoms in total. The SMILES string of the molecule is COc1cccc(OC[C@H](O)CN(C)Cc2ccc(OCC(=O)N3CCOCC3)cc2)c1. The number of carbonyl (C=O) groups excluding carboxylic acids is 1. The van der Waals surface area contributed by atoms with E-state index in [2.05, 4.69) is 0 Å². The zero-order valence-corrected chi connectivity index (χ0v) is 18.7. The molecule has 0 spiro atoms. The van der Waals surface area contributed by atoms with Gasteiger partial charge in [0, 0.05) is 32.2 Å². The van der Waals surface area contributed by atoms with Crippen LogP contribution in [-0.2, 0) is 16.1 Å². The molecule has 1 aliphatic rings. The van der Waals surface area contributed by atoms with Gasteiger partial charge < -0.3 is 29.0 Å². The molecule has 2 aromatic carbocycles. The quantitative estimate of drug-likeness (QED) is 0.566. The van der Waals surface area contributed by atoms with Crippen molar-refractivity contribution in [2.45, 2.75) is 12.6 Å². The van der Waals surface area contributed by atoms with Gasteiger partial charge in [0.1, 0.15) is 30.0 Å². The lowest BCUT2D eigenvalue weighted by molar-refractivity contribution is -0.137. The number of aliphatic hydroxyl groups excluding tert-OH is 1. The van der Waals surface area contributed by atoms with Crippen LogP contribution in [0.5, 0.6) is 17.2 Å². The normalized spacial score (nSPS) is 14.8. The zero-order chi connectivity index (χ0) is 22.8. The van der Waals surface area contributed by atoms with Crippen molar-refractivity contribution in [3.05, 3.63) is 54.1 Å². The third kappa shape index (κ3) is 7.71. The van der Waals surface area contributed by atoms with Gasteiger partial charge in [0.05, 0.1) is 20.3 Å². The lowest BCUT2D eigenvalue weighted by Crippen LogP contribution is -2.42. The predicted octanol–water partition coefficient (Wildman–Crippen LogP) is 1.80. The average molecular weight is 445 g/mol. The molecule has 174 valence electrons. The molecule has 0 radical (unpaired) electrons. The largest absolute Gasteiger partial charge is 0.497 e. The molecule has 1 fully saturated rings. The van der Waals surface area contributed by atoms with E-state index < -0.39 is 6.10 Å². The van der Waals surface area contributed by atoms with Gasteiger partial charge in [-0.2, -0.15) is 0 Å². The second-order valence-corrected chi connectivity index (χ2v) is 7.77. The molecule has 1 heterocycles. The summed E-state index contributed by atoms with van der Waals surface area (Å²) in [6.07, 6.45) is -0.625. The predicted molar refractivity (Wildman–Crippen MR) is 120 cm³/mol. The van der Waals surface area contributed by atoms with E-state index in [1.807, 2.05) is 54.4 Å². The van der Waals surface area contributed by atoms with Crippen molar-refractivity contribution in [3.8, 4) is 17.2 Å². The number of rotatable bonds is 11. The highest BCUT2D eigenvalue weighted by molar-refractivity contribution is 5.77. The summed E-state index contributed by atoms with van der Waals surface area (Å²) in [6, 6.07) is 14.9. The third-order valence-corrected chi connectivity index (χ3v) is 5.11. The van der Waals surface area contributed by atoms with Crippen molar-refractivity contribution >= 4 is 5.91 Å². The van der Waals surface area contributed by atoms with Gasteiger partial charge in [-0.05, 0) is 36.9 Å². The second-order valence-electron chi connectivity index (χ2n) is 7.77. The maximum atomic E-state index is 12.2. The summed E-state index contributed by atoms with van der Waals surface area (Å²) in [5, 5.41) is 10.3. The highest BCUT2D eigenvalue weighted by Gasteiger charge is 2.17. The van der Waals surface area contributed by atoms with Gasteiger partial charge in [-0.3, -0.25) is 9.69 Å². The van der Waals surface area contributed by atoms with Gasteiger partial charge in [-0.1, -0.05) is 18.2 Å². The summed E-state index contributed by atoms with van der Waals surface area (Å²) < 4.78 is 21.7. The first-order chi connectivity index (χ1) is 15.5. The minimum absolute atomic E-state index is 0.0257. The highest BCUT2D eigenvalue weighted by atomic mass is 16.5. The van der Waals surface area contributed by atoms with Crippen molar-refractivity contribution in [2.24, 2.45) is 0 Å².